The van der Waals surface area contributed by atoms with Crippen molar-refractivity contribution in [2.45, 2.75) is 38.3 Å². The molecule has 140 valence electrons. The van der Waals surface area contributed by atoms with Crippen LogP contribution < -0.4 is 11.3 Å². The minimum absolute atomic E-state index is 0.0695. The molecule has 2 aliphatic rings. The van der Waals surface area contributed by atoms with Crippen molar-refractivity contribution in [3.05, 3.63) is 0 Å². The first-order chi connectivity index (χ1) is 11.6. The van der Waals surface area contributed by atoms with Gasteiger partial charge in [-0.15, -0.1) is 0 Å². The molecule has 0 aromatic carbocycles. The lowest BCUT2D eigenvalue weighted by atomic mass is 10.0. The van der Waals surface area contributed by atoms with Crippen LogP contribution in [0.15, 0.2) is 0 Å². The molecule has 0 spiro atoms. The third-order valence-corrected chi connectivity index (χ3v) is 4.78. The van der Waals surface area contributed by atoms with E-state index in [-0.39, 0.29) is 31.5 Å². The van der Waals surface area contributed by atoms with Crippen molar-refractivity contribution < 1.29 is 24.3 Å². The fourth-order valence-corrected chi connectivity index (χ4v) is 3.09. The van der Waals surface area contributed by atoms with E-state index in [1.165, 1.54) is 11.9 Å². The third-order valence-electron chi connectivity index (χ3n) is 4.78. The highest BCUT2D eigenvalue weighted by atomic mass is 16.4. The van der Waals surface area contributed by atoms with Gasteiger partial charge in [0, 0.05) is 20.1 Å². The lowest BCUT2D eigenvalue weighted by Gasteiger charge is -2.38. The number of hydrazine groups is 1. The fourth-order valence-electron chi connectivity index (χ4n) is 3.09. The number of likely N-dealkylation sites (N-methyl/N-ethyl adjacent to an activating group) is 1. The Hall–Kier alpha value is -2.20. The van der Waals surface area contributed by atoms with Gasteiger partial charge in [-0.1, -0.05) is 13.8 Å². The molecule has 0 aromatic rings. The number of imide groups is 1. The van der Waals surface area contributed by atoms with Gasteiger partial charge in [0.15, 0.2) is 0 Å². The molecule has 1 heterocycles. The first kappa shape index (κ1) is 19.1. The molecule has 10 heteroatoms. The van der Waals surface area contributed by atoms with Crippen LogP contribution in [0.1, 0.15) is 26.7 Å². The quantitative estimate of drug-likeness (QED) is 0.320. The monoisotopic (exact) mass is 355 g/mol. The van der Waals surface area contributed by atoms with E-state index >= 15 is 0 Å². The van der Waals surface area contributed by atoms with Crippen LogP contribution in [-0.4, -0.2) is 81.9 Å². The number of nitrogens with one attached hydrogen (secondary N) is 1. The first-order valence-electron chi connectivity index (χ1n) is 8.21. The summed E-state index contributed by atoms with van der Waals surface area (Å²) in [5.74, 6) is 3.15. The summed E-state index contributed by atoms with van der Waals surface area (Å²) in [6.07, 6.45) is 1.15. The van der Waals surface area contributed by atoms with Gasteiger partial charge in [-0.2, -0.15) is 0 Å². The van der Waals surface area contributed by atoms with Gasteiger partial charge in [-0.05, 0) is 18.8 Å². The molecule has 1 aliphatic heterocycles. The van der Waals surface area contributed by atoms with Crippen molar-refractivity contribution in [2.24, 2.45) is 11.8 Å². The highest BCUT2D eigenvalue weighted by Gasteiger charge is 2.53. The molecule has 1 aliphatic carbocycles. The number of rotatable bonds is 5. The molecule has 10 nitrogen and oxygen atoms in total. The molecule has 1 saturated heterocycles. The molecule has 0 bridgehead atoms. The highest BCUT2D eigenvalue weighted by Crippen LogP contribution is 2.36. The van der Waals surface area contributed by atoms with Crippen LogP contribution in [0, 0.1) is 5.92 Å². The second-order valence-electron chi connectivity index (χ2n) is 6.92. The number of piperazine rings is 1. The van der Waals surface area contributed by atoms with E-state index in [9.17, 15) is 24.3 Å². The summed E-state index contributed by atoms with van der Waals surface area (Å²) >= 11 is 0. The van der Waals surface area contributed by atoms with Crippen LogP contribution in [0.2, 0.25) is 0 Å². The fraction of sp³-hybridized carbons (Fsp3) is 0.733. The summed E-state index contributed by atoms with van der Waals surface area (Å²) < 4.78 is 0. The van der Waals surface area contributed by atoms with Crippen molar-refractivity contribution in [1.82, 2.24) is 20.1 Å². The molecule has 4 N–H and O–H groups in total. The molecule has 0 radical (unpaired) electrons. The Kier molecular flexibility index (Phi) is 5.33. The van der Waals surface area contributed by atoms with Gasteiger partial charge in [-0.25, -0.2) is 15.0 Å². The molecular weight excluding hydrogens is 330 g/mol. The van der Waals surface area contributed by atoms with E-state index in [1.54, 1.807) is 13.8 Å². The Balaban J connectivity index is 2.02. The zero-order valence-electron chi connectivity index (χ0n) is 14.7. The minimum atomic E-state index is -1.10. The van der Waals surface area contributed by atoms with E-state index < -0.39 is 29.5 Å². The lowest BCUT2D eigenvalue weighted by Crippen LogP contribution is -2.62. The summed E-state index contributed by atoms with van der Waals surface area (Å²) in [4.78, 5) is 52.1. The van der Waals surface area contributed by atoms with Crippen molar-refractivity contribution in [3.8, 4) is 0 Å². The Morgan fingerprint density at radius 1 is 1.28 bits per heavy atom. The summed E-state index contributed by atoms with van der Waals surface area (Å²) in [5, 5.41) is 9.30. The number of carboxylic acid groups (broad SMARTS) is 1. The number of nitrogens with zero attached hydrogens (tertiary/aromatic N) is 3. The number of carboxylic acids is 1. The number of urea groups is 1. The maximum absolute atomic E-state index is 12.5. The third kappa shape index (κ3) is 3.59. The lowest BCUT2D eigenvalue weighted by molar-refractivity contribution is -0.150. The van der Waals surface area contributed by atoms with Gasteiger partial charge < -0.3 is 14.9 Å². The van der Waals surface area contributed by atoms with Crippen LogP contribution >= 0.6 is 0 Å². The number of aliphatic carboxylic acids is 1. The summed E-state index contributed by atoms with van der Waals surface area (Å²) in [5.41, 5.74) is 1.61. The molecule has 1 unspecified atom stereocenters. The molecule has 25 heavy (non-hydrogen) atoms. The standard InChI is InChI=1S/C15H25N5O5/c1-9(2)11(12(22)23)18(3)14(25)19-6-7-20(10(21)8-19)13(24)15(17-16)4-5-15/h9,11,17H,4-8,16H2,1-3H3,(H,22,23). The van der Waals surface area contributed by atoms with E-state index in [2.05, 4.69) is 5.43 Å². The average molecular weight is 355 g/mol. The van der Waals surface area contributed by atoms with Crippen LogP contribution in [0.25, 0.3) is 0 Å². The van der Waals surface area contributed by atoms with Crippen LogP contribution in [0.3, 0.4) is 0 Å². The topological polar surface area (TPSA) is 136 Å². The zero-order valence-corrected chi connectivity index (χ0v) is 14.7. The molecule has 4 amide bonds. The Morgan fingerprint density at radius 3 is 2.28 bits per heavy atom. The van der Waals surface area contributed by atoms with Crippen molar-refractivity contribution >= 4 is 23.8 Å². The van der Waals surface area contributed by atoms with Gasteiger partial charge >= 0.3 is 12.0 Å². The van der Waals surface area contributed by atoms with Crippen molar-refractivity contribution in [2.75, 3.05) is 26.7 Å². The number of hydrogen-bond acceptors (Lipinski definition) is 6. The van der Waals surface area contributed by atoms with Crippen LogP contribution in [0.5, 0.6) is 0 Å². The number of carbonyl (C=O) groups excluding carboxylic acids is 3. The van der Waals surface area contributed by atoms with Gasteiger partial charge in [0.2, 0.25) is 5.91 Å². The predicted octanol–water partition coefficient (Wildman–Crippen LogP) is -1.19. The molecule has 2 rings (SSSR count). The predicted molar refractivity (Wildman–Crippen MR) is 87.0 cm³/mol. The van der Waals surface area contributed by atoms with Gasteiger partial charge in [-0.3, -0.25) is 20.3 Å². The highest BCUT2D eigenvalue weighted by molar-refractivity contribution is 6.03. The maximum atomic E-state index is 12.5. The molecule has 1 atom stereocenters. The molecular formula is C15H25N5O5. The average Bonchev–Trinajstić information content (AvgIpc) is 3.33. The molecule has 2 fully saturated rings. The maximum Gasteiger partial charge on any atom is 0.326 e. The Morgan fingerprint density at radius 2 is 1.88 bits per heavy atom. The second-order valence-corrected chi connectivity index (χ2v) is 6.92. The molecule has 0 aromatic heterocycles. The second kappa shape index (κ2) is 6.96. The largest absolute Gasteiger partial charge is 0.480 e. The van der Waals surface area contributed by atoms with Crippen molar-refractivity contribution in [3.63, 3.8) is 0 Å². The van der Waals surface area contributed by atoms with E-state index in [1.807, 2.05) is 0 Å². The number of nitrogens with two attached hydrogens (primary N) is 1. The Bertz CT molecular complexity index is 589. The number of amides is 4. The van der Waals surface area contributed by atoms with E-state index in [0.717, 1.165) is 9.80 Å². The number of hydrogen-bond donors (Lipinski definition) is 3. The summed E-state index contributed by atoms with van der Waals surface area (Å²) in [7, 11) is 1.40. The first-order valence-corrected chi connectivity index (χ1v) is 8.21. The van der Waals surface area contributed by atoms with Gasteiger partial charge in [0.1, 0.15) is 18.1 Å². The number of carbonyl (C=O) groups is 4. The van der Waals surface area contributed by atoms with Gasteiger partial charge in [0.25, 0.3) is 5.91 Å². The van der Waals surface area contributed by atoms with E-state index in [4.69, 9.17) is 5.84 Å². The normalized spacial score (nSPS) is 20.4. The van der Waals surface area contributed by atoms with Crippen LogP contribution in [0.4, 0.5) is 4.79 Å². The van der Waals surface area contributed by atoms with Crippen LogP contribution in [-0.2, 0) is 14.4 Å². The van der Waals surface area contributed by atoms with Crippen molar-refractivity contribution in [1.29, 1.82) is 0 Å². The smallest absolute Gasteiger partial charge is 0.326 e. The minimum Gasteiger partial charge on any atom is -0.480 e. The summed E-state index contributed by atoms with van der Waals surface area (Å²) in [6, 6.07) is -1.53. The van der Waals surface area contributed by atoms with E-state index in [0.29, 0.717) is 12.8 Å². The Labute approximate surface area is 145 Å². The SMILES string of the molecule is CC(C)C(C(=O)O)N(C)C(=O)N1CCN(C(=O)C2(NN)CC2)C(=O)C1. The molecule has 1 saturated carbocycles. The zero-order chi connectivity index (χ0) is 18.9. The van der Waals surface area contributed by atoms with Gasteiger partial charge in [0.05, 0.1) is 0 Å². The summed E-state index contributed by atoms with van der Waals surface area (Å²) in [6.45, 7) is 3.38.